The summed E-state index contributed by atoms with van der Waals surface area (Å²) in [7, 11) is 0. The van der Waals surface area contributed by atoms with Crippen LogP contribution in [0.4, 0.5) is 5.13 Å². The second kappa shape index (κ2) is 10.3. The molecule has 0 unspecified atom stereocenters. The molecule has 9 heteroatoms. The topological polar surface area (TPSA) is 94.1 Å². The molecule has 30 heavy (non-hydrogen) atoms. The van der Waals surface area contributed by atoms with E-state index in [2.05, 4.69) is 20.3 Å². The Morgan fingerprint density at radius 3 is 2.47 bits per heavy atom. The lowest BCUT2D eigenvalue weighted by Crippen LogP contribution is -2.14. The Bertz CT molecular complexity index is 1020. The van der Waals surface area contributed by atoms with E-state index in [9.17, 15) is 9.59 Å². The first-order chi connectivity index (χ1) is 14.4. The summed E-state index contributed by atoms with van der Waals surface area (Å²) in [6.07, 6.45) is 0.108. The summed E-state index contributed by atoms with van der Waals surface area (Å²) in [6, 6.07) is 11.4. The van der Waals surface area contributed by atoms with Crippen molar-refractivity contribution < 1.29 is 14.3 Å². The van der Waals surface area contributed by atoms with Crippen LogP contribution < -0.4 is 5.32 Å². The zero-order chi connectivity index (χ0) is 21.5. The van der Waals surface area contributed by atoms with E-state index in [-0.39, 0.29) is 24.1 Å². The van der Waals surface area contributed by atoms with Gasteiger partial charge < -0.3 is 10.1 Å². The molecule has 0 aliphatic rings. The number of nitrogens with zero attached hydrogens (tertiary/aromatic N) is 3. The highest BCUT2D eigenvalue weighted by molar-refractivity contribution is 7.99. The summed E-state index contributed by atoms with van der Waals surface area (Å²) in [4.78, 5) is 38.4. The van der Waals surface area contributed by atoms with Crippen molar-refractivity contribution >= 4 is 40.1 Å². The molecular formula is C21H22N4O3S2. The minimum absolute atomic E-state index is 0.108. The molecule has 1 N–H and O–H groups in total. The molecule has 0 aliphatic carbocycles. The molecule has 1 aromatic carbocycles. The van der Waals surface area contributed by atoms with Gasteiger partial charge in [0.1, 0.15) is 0 Å². The molecule has 0 bridgehead atoms. The first kappa shape index (κ1) is 21.9. The van der Waals surface area contributed by atoms with Crippen molar-refractivity contribution in [2.45, 2.75) is 32.3 Å². The smallest absolute Gasteiger partial charge is 0.311 e. The van der Waals surface area contributed by atoms with E-state index < -0.39 is 0 Å². The van der Waals surface area contributed by atoms with Crippen LogP contribution in [-0.4, -0.2) is 39.2 Å². The van der Waals surface area contributed by atoms with Gasteiger partial charge in [-0.1, -0.05) is 42.1 Å². The number of ether oxygens (including phenoxy) is 1. The molecule has 7 nitrogen and oxygen atoms in total. The summed E-state index contributed by atoms with van der Waals surface area (Å²) in [5, 5.41) is 3.83. The van der Waals surface area contributed by atoms with Gasteiger partial charge >= 0.3 is 5.97 Å². The van der Waals surface area contributed by atoms with E-state index in [0.717, 1.165) is 21.8 Å². The van der Waals surface area contributed by atoms with Crippen molar-refractivity contribution in [1.82, 2.24) is 15.0 Å². The second-order valence-corrected chi connectivity index (χ2v) is 8.43. The maximum absolute atomic E-state index is 12.4. The van der Waals surface area contributed by atoms with E-state index in [0.29, 0.717) is 22.6 Å². The minimum Gasteiger partial charge on any atom is -0.466 e. The summed E-state index contributed by atoms with van der Waals surface area (Å²) < 4.78 is 5.07. The average Bonchev–Trinajstić information content (AvgIpc) is 3.08. The Morgan fingerprint density at radius 1 is 1.10 bits per heavy atom. The number of aryl methyl sites for hydroxylation is 2. The Hall–Kier alpha value is -2.78. The number of rotatable bonds is 8. The third-order valence-electron chi connectivity index (χ3n) is 3.90. The first-order valence-electron chi connectivity index (χ1n) is 9.40. The Labute approximate surface area is 183 Å². The van der Waals surface area contributed by atoms with Gasteiger partial charge in [-0.3, -0.25) is 9.59 Å². The molecule has 0 saturated heterocycles. The molecule has 0 radical (unpaired) electrons. The lowest BCUT2D eigenvalue weighted by atomic mass is 10.1. The molecule has 3 aromatic rings. The predicted octanol–water partition coefficient (Wildman–Crippen LogP) is 4.05. The maximum atomic E-state index is 12.4. The third-order valence-corrected chi connectivity index (χ3v) is 5.71. The number of carbonyl (C=O) groups excluding carboxylic acids is 2. The Balaban J connectivity index is 1.72. The van der Waals surface area contributed by atoms with Crippen LogP contribution in [0.1, 0.15) is 23.2 Å². The third kappa shape index (κ3) is 6.11. The zero-order valence-electron chi connectivity index (χ0n) is 17.0. The van der Waals surface area contributed by atoms with Crippen LogP contribution in [0.3, 0.4) is 0 Å². The number of thiazole rings is 1. The van der Waals surface area contributed by atoms with E-state index in [4.69, 9.17) is 4.74 Å². The number of aromatic nitrogens is 3. The second-order valence-electron chi connectivity index (χ2n) is 6.41. The van der Waals surface area contributed by atoms with Gasteiger partial charge in [-0.2, -0.15) is 0 Å². The van der Waals surface area contributed by atoms with Crippen LogP contribution in [0, 0.1) is 13.8 Å². The molecule has 1 amide bonds. The highest BCUT2D eigenvalue weighted by atomic mass is 32.2. The number of thioether (sulfide) groups is 1. The summed E-state index contributed by atoms with van der Waals surface area (Å²) in [5.41, 5.74) is 3.28. The number of amides is 1. The molecule has 0 spiro atoms. The maximum Gasteiger partial charge on any atom is 0.311 e. The monoisotopic (exact) mass is 442 g/mol. The zero-order valence-corrected chi connectivity index (χ0v) is 18.6. The molecule has 3 rings (SSSR count). The SMILES string of the molecule is CCOC(=O)Cc1sc(NC(=O)CSc2nc(C)cc(C)n2)nc1-c1ccccc1. The van der Waals surface area contributed by atoms with Gasteiger partial charge in [-0.25, -0.2) is 15.0 Å². The van der Waals surface area contributed by atoms with Crippen LogP contribution in [-0.2, 0) is 20.7 Å². The molecular weight excluding hydrogens is 420 g/mol. The van der Waals surface area contributed by atoms with Crippen LogP contribution in [0.2, 0.25) is 0 Å². The summed E-state index contributed by atoms with van der Waals surface area (Å²) in [6.45, 7) is 5.88. The van der Waals surface area contributed by atoms with Gasteiger partial charge in [0.2, 0.25) is 5.91 Å². The lowest BCUT2D eigenvalue weighted by Gasteiger charge is -2.03. The number of nitrogens with one attached hydrogen (secondary N) is 1. The summed E-state index contributed by atoms with van der Waals surface area (Å²) in [5.74, 6) is -0.367. The van der Waals surface area contributed by atoms with E-state index >= 15 is 0 Å². The van der Waals surface area contributed by atoms with Crippen molar-refractivity contribution in [2.24, 2.45) is 0 Å². The molecule has 0 atom stereocenters. The van der Waals surface area contributed by atoms with E-state index in [1.807, 2.05) is 50.2 Å². The van der Waals surface area contributed by atoms with Gasteiger partial charge in [0.25, 0.3) is 0 Å². The van der Waals surface area contributed by atoms with Gasteiger partial charge in [-0.15, -0.1) is 11.3 Å². The predicted molar refractivity (Wildman–Crippen MR) is 119 cm³/mol. The van der Waals surface area contributed by atoms with E-state index in [1.54, 1.807) is 6.92 Å². The molecule has 2 heterocycles. The highest BCUT2D eigenvalue weighted by Gasteiger charge is 2.18. The Morgan fingerprint density at radius 2 is 1.80 bits per heavy atom. The molecule has 156 valence electrons. The van der Waals surface area contributed by atoms with Crippen LogP contribution in [0.5, 0.6) is 0 Å². The van der Waals surface area contributed by atoms with Crippen molar-refractivity contribution in [3.8, 4) is 11.3 Å². The summed E-state index contributed by atoms with van der Waals surface area (Å²) >= 11 is 2.55. The van der Waals surface area contributed by atoms with Gasteiger partial charge in [0.05, 0.1) is 24.5 Å². The fraction of sp³-hybridized carbons (Fsp3) is 0.286. The van der Waals surface area contributed by atoms with Crippen molar-refractivity contribution in [3.63, 3.8) is 0 Å². The number of hydrogen-bond donors (Lipinski definition) is 1. The largest absolute Gasteiger partial charge is 0.466 e. The van der Waals surface area contributed by atoms with Crippen LogP contribution >= 0.6 is 23.1 Å². The molecule has 0 aliphatic heterocycles. The molecule has 0 saturated carbocycles. The lowest BCUT2D eigenvalue weighted by molar-refractivity contribution is -0.142. The molecule has 0 fully saturated rings. The number of anilines is 1. The Kier molecular flexibility index (Phi) is 7.53. The number of hydrogen-bond acceptors (Lipinski definition) is 8. The van der Waals surface area contributed by atoms with Crippen molar-refractivity contribution in [2.75, 3.05) is 17.7 Å². The first-order valence-corrected chi connectivity index (χ1v) is 11.2. The highest BCUT2D eigenvalue weighted by Crippen LogP contribution is 2.32. The number of esters is 1. The average molecular weight is 443 g/mol. The quantitative estimate of drug-likeness (QED) is 0.319. The minimum atomic E-state index is -0.321. The van der Waals surface area contributed by atoms with Crippen LogP contribution in [0.15, 0.2) is 41.6 Å². The standard InChI is InChI=1S/C21H22N4O3S2/c1-4-28-18(27)11-16-19(15-8-6-5-7-9-15)25-21(30-16)24-17(26)12-29-20-22-13(2)10-14(3)23-20/h5-10H,4,11-12H2,1-3H3,(H,24,25,26). The van der Waals surface area contributed by atoms with E-state index in [1.165, 1.54) is 23.1 Å². The van der Waals surface area contributed by atoms with Gasteiger partial charge in [-0.05, 0) is 26.8 Å². The van der Waals surface area contributed by atoms with Crippen molar-refractivity contribution in [1.29, 1.82) is 0 Å². The fourth-order valence-electron chi connectivity index (χ4n) is 2.73. The van der Waals surface area contributed by atoms with Crippen LogP contribution in [0.25, 0.3) is 11.3 Å². The van der Waals surface area contributed by atoms with Gasteiger partial charge in [0, 0.05) is 21.8 Å². The fourth-order valence-corrected chi connectivity index (χ4v) is 4.47. The van der Waals surface area contributed by atoms with Gasteiger partial charge in [0.15, 0.2) is 10.3 Å². The number of benzene rings is 1. The number of carbonyl (C=O) groups is 2. The normalized spacial score (nSPS) is 10.6. The molecule has 2 aromatic heterocycles. The van der Waals surface area contributed by atoms with Crippen molar-refractivity contribution in [3.05, 3.63) is 52.7 Å².